The lowest BCUT2D eigenvalue weighted by molar-refractivity contribution is -0.301. The molecule has 0 saturated carbocycles. The summed E-state index contributed by atoms with van der Waals surface area (Å²) in [6.45, 7) is -1.89. The van der Waals surface area contributed by atoms with E-state index >= 15 is 0 Å². The van der Waals surface area contributed by atoms with Gasteiger partial charge in [0.25, 0.3) is 0 Å². The van der Waals surface area contributed by atoms with E-state index in [4.69, 9.17) is 34.2 Å². The topological polar surface area (TPSA) is 492 Å². The molecule has 30 heteroatoms. The highest BCUT2D eigenvalue weighted by atomic mass is 16.7. The second-order valence-corrected chi connectivity index (χ2v) is 19.5. The van der Waals surface area contributed by atoms with Gasteiger partial charge in [0.1, 0.15) is 90.9 Å². The van der Waals surface area contributed by atoms with Gasteiger partial charge < -0.3 is 117 Å². The van der Waals surface area contributed by atoms with Gasteiger partial charge in [-0.2, -0.15) is 0 Å². The van der Waals surface area contributed by atoms with E-state index < -0.39 is 184 Å². The molecule has 0 aromatic heterocycles. The number of nitrogens with two attached hydrogens (primary N) is 1. The Balaban J connectivity index is 1.68. The number of ether oxygens (including phenoxy) is 6. The summed E-state index contributed by atoms with van der Waals surface area (Å²) in [6, 6.07) is -2.07. The molecule has 0 aromatic carbocycles. The maximum atomic E-state index is 13.7. The van der Waals surface area contributed by atoms with Crippen LogP contribution in [-0.2, 0) is 62.0 Å². The minimum absolute atomic E-state index is 0.0146. The van der Waals surface area contributed by atoms with Crippen LogP contribution in [0.1, 0.15) is 90.4 Å². The van der Waals surface area contributed by atoms with Crippen molar-refractivity contribution < 1.29 is 123 Å². The van der Waals surface area contributed by atoms with Crippen LogP contribution in [-0.4, -0.2) is 266 Å². The number of aliphatic hydroxyl groups excluding tert-OH is 12. The highest BCUT2D eigenvalue weighted by Crippen LogP contribution is 2.25. The van der Waals surface area contributed by atoms with Crippen LogP contribution in [0, 0.1) is 5.92 Å². The normalized spacial score (nSPS) is 30.4. The molecular weight excluding hydrogens is 1050 g/mol. The molecule has 3 rings (SSSR count). The molecule has 18 atom stereocenters. The van der Waals surface area contributed by atoms with E-state index in [1.807, 2.05) is 0 Å². The van der Waals surface area contributed by atoms with Crippen LogP contribution in [0.3, 0.4) is 0 Å². The first-order valence-electron chi connectivity index (χ1n) is 26.2. The number of hydrogen-bond acceptors (Lipinski definition) is 26. The zero-order valence-corrected chi connectivity index (χ0v) is 43.7. The van der Waals surface area contributed by atoms with Gasteiger partial charge in [0.2, 0.25) is 23.6 Å². The third kappa shape index (κ3) is 22.2. The quantitative estimate of drug-likeness (QED) is 0.0257. The number of carbonyl (C=O) groups is 7. The number of unbranched alkanes of at least 4 members (excludes halogenated alkanes) is 2. The molecule has 78 heavy (non-hydrogen) atoms. The predicted molar refractivity (Wildman–Crippen MR) is 262 cm³/mol. The maximum absolute atomic E-state index is 13.7. The lowest BCUT2D eigenvalue weighted by Crippen LogP contribution is -2.59. The van der Waals surface area contributed by atoms with E-state index in [1.165, 1.54) is 6.92 Å². The van der Waals surface area contributed by atoms with Crippen molar-refractivity contribution in [2.75, 3.05) is 59.3 Å². The van der Waals surface area contributed by atoms with Crippen LogP contribution in [0.4, 0.5) is 0 Å². The average molecular weight is 1130 g/mol. The summed E-state index contributed by atoms with van der Waals surface area (Å²) >= 11 is 0. The van der Waals surface area contributed by atoms with Gasteiger partial charge in [-0.05, 0) is 58.4 Å². The third-order valence-electron chi connectivity index (χ3n) is 13.3. The zero-order valence-electron chi connectivity index (χ0n) is 43.7. The van der Waals surface area contributed by atoms with Crippen LogP contribution in [0.25, 0.3) is 0 Å². The van der Waals surface area contributed by atoms with Crippen molar-refractivity contribution in [1.29, 1.82) is 0 Å². The molecule has 0 aromatic rings. The van der Waals surface area contributed by atoms with Crippen molar-refractivity contribution in [2.45, 2.75) is 195 Å². The Morgan fingerprint density at radius 3 is 1.31 bits per heavy atom. The van der Waals surface area contributed by atoms with Gasteiger partial charge >= 0.3 is 0 Å². The maximum Gasteiger partial charge on any atom is 0.242 e. The molecule has 3 heterocycles. The fourth-order valence-corrected chi connectivity index (χ4v) is 8.61. The summed E-state index contributed by atoms with van der Waals surface area (Å²) in [6.07, 6.45) is -23.8. The Morgan fingerprint density at radius 1 is 0.474 bits per heavy atom. The van der Waals surface area contributed by atoms with Gasteiger partial charge in [0.05, 0.1) is 51.6 Å². The summed E-state index contributed by atoms with van der Waals surface area (Å²) < 4.78 is 32.2. The van der Waals surface area contributed by atoms with Crippen LogP contribution in [0.15, 0.2) is 0 Å². The minimum atomic E-state index is -1.74. The number of carbonyl (C=O) groups excluding carboxylic acids is 7. The molecule has 0 bridgehead atoms. The number of nitrogens with one attached hydrogen (secondary N) is 4. The Morgan fingerprint density at radius 2 is 0.885 bits per heavy atom. The van der Waals surface area contributed by atoms with Crippen molar-refractivity contribution in [2.24, 2.45) is 11.7 Å². The van der Waals surface area contributed by atoms with E-state index in [0.29, 0.717) is 25.8 Å². The molecule has 3 fully saturated rings. The SMILES string of the molecule is CC(=O)[C@H](CCCCN)NC(=O)CCCCC(=O)N[C@@H](CCC(=O)C[C@@H](CC(=O)CCCO[C@H]1O[C@H](CO)[C@@H](O)[C@H](O)[C@@H]1O)C(=O)NCCO[C@H]1O[C@H](CO)[C@@H](O)[C@H](O)[C@@H]1O)C(=O)NCCO[C@H]1O[C@H](CO)[C@@H](O)[C@H](O)[C@@H]1O. The Labute approximate surface area is 450 Å². The molecule has 3 aliphatic heterocycles. The molecule has 0 spiro atoms. The number of Topliss-reactive ketones (excluding diaryl/α,β-unsaturated/α-hetero) is 3. The number of rotatable bonds is 37. The van der Waals surface area contributed by atoms with Gasteiger partial charge in [-0.1, -0.05) is 0 Å². The van der Waals surface area contributed by atoms with E-state index in [9.17, 15) is 94.8 Å². The predicted octanol–water partition coefficient (Wildman–Crippen LogP) is -7.99. The summed E-state index contributed by atoms with van der Waals surface area (Å²) in [4.78, 5) is 92.1. The molecule has 3 saturated heterocycles. The fourth-order valence-electron chi connectivity index (χ4n) is 8.61. The molecule has 0 aliphatic carbocycles. The van der Waals surface area contributed by atoms with E-state index in [0.717, 1.165) is 0 Å². The fraction of sp³-hybridized carbons (Fsp3) is 0.854. The molecule has 30 nitrogen and oxygen atoms in total. The number of ketones is 3. The van der Waals surface area contributed by atoms with E-state index in [-0.39, 0.29) is 83.6 Å². The first kappa shape index (κ1) is 68.4. The lowest BCUT2D eigenvalue weighted by atomic mass is 9.92. The second kappa shape index (κ2) is 35.8. The van der Waals surface area contributed by atoms with Crippen LogP contribution < -0.4 is 27.0 Å². The largest absolute Gasteiger partial charge is 0.394 e. The number of hydrogen-bond donors (Lipinski definition) is 17. The first-order chi connectivity index (χ1) is 37.1. The monoisotopic (exact) mass is 1130 g/mol. The standard InChI is InChI=1S/C48H83N5O25/c1-24(57)28(8-4-5-13-49)52-33(60)9-2-3-10-34(61)53-29(45(72)51-15-18-75-48-43(70)40(67)37(64)32(23-56)78-48)12-11-27(59)20-25(44(71)50-14-17-74-47-42(69)39(66)36(63)31(22-55)77-47)19-26(58)7-6-16-73-46-41(68)38(65)35(62)30(21-54)76-46/h25,28-32,35-43,46-48,54-56,62-70H,2-23,49H2,1H3,(H,50,71)(H,51,72)(H,52,60)(H,53,61)/t25-,28+,29+,30-,31-,32-,35-,36-,37-,38+,39+,40+,41+,42+,43+,46+,47+,48+/m1/s1. The smallest absolute Gasteiger partial charge is 0.242 e. The molecule has 18 N–H and O–H groups in total. The summed E-state index contributed by atoms with van der Waals surface area (Å²) in [7, 11) is 0. The number of amides is 4. The highest BCUT2D eigenvalue weighted by molar-refractivity contribution is 5.92. The summed E-state index contributed by atoms with van der Waals surface area (Å²) in [5.41, 5.74) is 5.53. The van der Waals surface area contributed by atoms with Crippen LogP contribution in [0.5, 0.6) is 0 Å². The van der Waals surface area contributed by atoms with Crippen molar-refractivity contribution >= 4 is 41.0 Å². The number of aliphatic hydroxyl groups is 12. The molecule has 0 unspecified atom stereocenters. The lowest BCUT2D eigenvalue weighted by Gasteiger charge is -2.39. The van der Waals surface area contributed by atoms with Gasteiger partial charge in [0.15, 0.2) is 24.7 Å². The van der Waals surface area contributed by atoms with Crippen molar-refractivity contribution in [3.05, 3.63) is 0 Å². The minimum Gasteiger partial charge on any atom is -0.394 e. The highest BCUT2D eigenvalue weighted by Gasteiger charge is 2.46. The molecule has 4 amide bonds. The Bertz CT molecular complexity index is 1850. The van der Waals surface area contributed by atoms with Gasteiger partial charge in [-0.3, -0.25) is 33.6 Å². The van der Waals surface area contributed by atoms with Gasteiger partial charge in [-0.15, -0.1) is 0 Å². The van der Waals surface area contributed by atoms with Crippen molar-refractivity contribution in [3.63, 3.8) is 0 Å². The first-order valence-corrected chi connectivity index (χ1v) is 26.2. The Hall–Kier alpha value is -3.87. The molecule has 0 radical (unpaired) electrons. The van der Waals surface area contributed by atoms with Crippen molar-refractivity contribution in [1.82, 2.24) is 21.3 Å². The van der Waals surface area contributed by atoms with Gasteiger partial charge in [0, 0.05) is 51.6 Å². The summed E-state index contributed by atoms with van der Waals surface area (Å²) in [5.74, 6) is -5.40. The zero-order chi connectivity index (χ0) is 58.1. The third-order valence-corrected chi connectivity index (χ3v) is 13.3. The average Bonchev–Trinajstić information content (AvgIpc) is 3.41. The Kier molecular flexibility index (Phi) is 31.4. The van der Waals surface area contributed by atoms with E-state index in [1.54, 1.807) is 0 Å². The van der Waals surface area contributed by atoms with Crippen molar-refractivity contribution in [3.8, 4) is 0 Å². The van der Waals surface area contributed by atoms with Crippen LogP contribution >= 0.6 is 0 Å². The van der Waals surface area contributed by atoms with Gasteiger partial charge in [-0.25, -0.2) is 0 Å². The second-order valence-electron chi connectivity index (χ2n) is 19.5. The molecule has 3 aliphatic rings. The molecule has 450 valence electrons. The van der Waals surface area contributed by atoms with E-state index in [2.05, 4.69) is 21.3 Å². The van der Waals surface area contributed by atoms with Crippen LogP contribution in [0.2, 0.25) is 0 Å². The molecular formula is C48H83N5O25. The summed E-state index contributed by atoms with van der Waals surface area (Å²) in [5, 5.41) is 130.